The molecule has 1 heterocycles. The van der Waals surface area contributed by atoms with Crippen LogP contribution in [0.3, 0.4) is 0 Å². The number of carbonyl (C=O) groups is 1. The summed E-state index contributed by atoms with van der Waals surface area (Å²) in [5, 5.41) is 0. The summed E-state index contributed by atoms with van der Waals surface area (Å²) in [6.45, 7) is 1.85. The van der Waals surface area contributed by atoms with Gasteiger partial charge in [-0.15, -0.1) is 0 Å². The molecule has 2 unspecified atom stereocenters. The van der Waals surface area contributed by atoms with Gasteiger partial charge >= 0.3 is 0 Å². The number of carbonyl (C=O) groups excluding carboxylic acids is 1. The predicted molar refractivity (Wildman–Crippen MR) is 76.5 cm³/mol. The van der Waals surface area contributed by atoms with Gasteiger partial charge in [0.2, 0.25) is 0 Å². The molecule has 5 heteroatoms. The summed E-state index contributed by atoms with van der Waals surface area (Å²) in [7, 11) is 3.35. The Labute approximate surface area is 121 Å². The van der Waals surface area contributed by atoms with Gasteiger partial charge in [-0.05, 0) is 6.07 Å². The van der Waals surface area contributed by atoms with Crippen molar-refractivity contribution in [3.05, 3.63) is 34.3 Å². The average Bonchev–Trinajstić information content (AvgIpc) is 2.81. The van der Waals surface area contributed by atoms with Crippen molar-refractivity contribution < 1.29 is 14.3 Å². The van der Waals surface area contributed by atoms with Crippen molar-refractivity contribution in [3.8, 4) is 0 Å². The lowest BCUT2D eigenvalue weighted by atomic mass is 10.1. The van der Waals surface area contributed by atoms with E-state index in [0.717, 1.165) is 23.1 Å². The molecule has 4 nitrogen and oxygen atoms in total. The molecule has 0 saturated carbocycles. The highest BCUT2D eigenvalue weighted by Crippen LogP contribution is 2.19. The van der Waals surface area contributed by atoms with Crippen LogP contribution in [0, 0.1) is 0 Å². The van der Waals surface area contributed by atoms with E-state index >= 15 is 0 Å². The molecule has 0 amide bonds. The zero-order valence-corrected chi connectivity index (χ0v) is 12.7. The third kappa shape index (κ3) is 3.42. The third-order valence-electron chi connectivity index (χ3n) is 3.44. The second-order valence-electron chi connectivity index (χ2n) is 4.65. The molecule has 0 spiro atoms. The van der Waals surface area contributed by atoms with Gasteiger partial charge in [-0.3, -0.25) is 9.69 Å². The summed E-state index contributed by atoms with van der Waals surface area (Å²) in [5.74, 6) is 0.110. The summed E-state index contributed by atoms with van der Waals surface area (Å²) in [4.78, 5) is 14.3. The number of nitrogens with zero attached hydrogens (tertiary/aromatic N) is 1. The Balaban J connectivity index is 1.99. The number of ketones is 1. The Morgan fingerprint density at radius 2 is 1.84 bits per heavy atom. The van der Waals surface area contributed by atoms with Crippen molar-refractivity contribution in [2.45, 2.75) is 12.2 Å². The minimum absolute atomic E-state index is 0.0389. The molecule has 0 bridgehead atoms. The van der Waals surface area contributed by atoms with Crippen molar-refractivity contribution >= 4 is 21.7 Å². The molecule has 0 N–H and O–H groups in total. The van der Waals surface area contributed by atoms with Crippen LogP contribution in [0.4, 0.5) is 0 Å². The van der Waals surface area contributed by atoms with Crippen molar-refractivity contribution in [1.82, 2.24) is 4.90 Å². The first-order chi connectivity index (χ1) is 9.15. The van der Waals surface area contributed by atoms with E-state index in [1.165, 1.54) is 0 Å². The minimum atomic E-state index is 0.0389. The molecule has 0 radical (unpaired) electrons. The van der Waals surface area contributed by atoms with Crippen LogP contribution in [-0.2, 0) is 9.47 Å². The molecule has 1 saturated heterocycles. The van der Waals surface area contributed by atoms with Crippen LogP contribution in [0.2, 0.25) is 0 Å². The highest BCUT2D eigenvalue weighted by molar-refractivity contribution is 9.10. The molecule has 1 aromatic rings. The minimum Gasteiger partial charge on any atom is -0.377 e. The van der Waals surface area contributed by atoms with Gasteiger partial charge in [0.1, 0.15) is 0 Å². The van der Waals surface area contributed by atoms with Crippen molar-refractivity contribution in [1.29, 1.82) is 0 Å². The van der Waals surface area contributed by atoms with Crippen molar-refractivity contribution in [3.63, 3.8) is 0 Å². The van der Waals surface area contributed by atoms with Crippen molar-refractivity contribution in [2.75, 3.05) is 33.9 Å². The highest BCUT2D eigenvalue weighted by atomic mass is 79.9. The molecule has 2 atom stereocenters. The molecule has 1 fully saturated rings. The second kappa shape index (κ2) is 6.61. The molecule has 1 aliphatic rings. The average molecular weight is 328 g/mol. The summed E-state index contributed by atoms with van der Waals surface area (Å²) in [6.07, 6.45) is 0.0778. The van der Waals surface area contributed by atoms with E-state index < -0.39 is 0 Å². The van der Waals surface area contributed by atoms with Gasteiger partial charge in [-0.25, -0.2) is 0 Å². The molecule has 0 aliphatic carbocycles. The summed E-state index contributed by atoms with van der Waals surface area (Å²) < 4.78 is 11.6. The number of halogens is 1. The van der Waals surface area contributed by atoms with Gasteiger partial charge in [-0.2, -0.15) is 0 Å². The van der Waals surface area contributed by atoms with Crippen LogP contribution < -0.4 is 0 Å². The van der Waals surface area contributed by atoms with Crippen LogP contribution in [-0.4, -0.2) is 56.7 Å². The Morgan fingerprint density at radius 1 is 1.26 bits per heavy atom. The lowest BCUT2D eigenvalue weighted by Crippen LogP contribution is -2.29. The smallest absolute Gasteiger partial charge is 0.177 e. The normalized spacial score (nSPS) is 23.7. The summed E-state index contributed by atoms with van der Waals surface area (Å²) >= 11 is 3.41. The van der Waals surface area contributed by atoms with Gasteiger partial charge in [-0.1, -0.05) is 34.1 Å². The number of likely N-dealkylation sites (tertiary alicyclic amines) is 1. The monoisotopic (exact) mass is 327 g/mol. The number of ether oxygens (including phenoxy) is 2. The van der Waals surface area contributed by atoms with Crippen LogP contribution in [0.5, 0.6) is 0 Å². The van der Waals surface area contributed by atoms with Gasteiger partial charge in [0.25, 0.3) is 0 Å². The van der Waals surface area contributed by atoms with Crippen molar-refractivity contribution in [2.24, 2.45) is 0 Å². The summed E-state index contributed by atoms with van der Waals surface area (Å²) in [5.41, 5.74) is 0.720. The van der Waals surface area contributed by atoms with E-state index in [-0.39, 0.29) is 18.0 Å². The Kier molecular flexibility index (Phi) is 5.10. The number of benzene rings is 1. The maximum Gasteiger partial charge on any atom is 0.177 e. The Bertz CT molecular complexity index is 440. The fourth-order valence-electron chi connectivity index (χ4n) is 2.38. The SMILES string of the molecule is COC1CN(CC(=O)c2ccccc2Br)CC1OC. The molecular formula is C14H18BrNO3. The van der Waals surface area contributed by atoms with E-state index in [1.54, 1.807) is 14.2 Å². The maximum atomic E-state index is 12.3. The largest absolute Gasteiger partial charge is 0.377 e. The second-order valence-corrected chi connectivity index (χ2v) is 5.50. The van der Waals surface area contributed by atoms with Crippen LogP contribution in [0.25, 0.3) is 0 Å². The lowest BCUT2D eigenvalue weighted by molar-refractivity contribution is -0.00461. The molecule has 2 rings (SSSR count). The molecule has 104 valence electrons. The number of rotatable bonds is 5. The Hall–Kier alpha value is -0.750. The highest BCUT2D eigenvalue weighted by Gasteiger charge is 2.33. The Morgan fingerprint density at radius 3 is 2.37 bits per heavy atom. The molecule has 1 aliphatic heterocycles. The van der Waals surface area contributed by atoms with E-state index in [1.807, 2.05) is 24.3 Å². The zero-order chi connectivity index (χ0) is 13.8. The molecule has 0 aromatic heterocycles. The first-order valence-electron chi connectivity index (χ1n) is 6.21. The number of hydrogen-bond acceptors (Lipinski definition) is 4. The number of hydrogen-bond donors (Lipinski definition) is 0. The van der Waals surface area contributed by atoms with Crippen LogP contribution in [0.15, 0.2) is 28.7 Å². The van der Waals surface area contributed by atoms with Crippen LogP contribution in [0.1, 0.15) is 10.4 Å². The van der Waals surface area contributed by atoms with Gasteiger partial charge in [0, 0.05) is 37.3 Å². The van der Waals surface area contributed by atoms with E-state index in [0.29, 0.717) is 6.54 Å². The topological polar surface area (TPSA) is 38.8 Å². The molecular weight excluding hydrogens is 310 g/mol. The summed E-state index contributed by atoms with van der Waals surface area (Å²) in [6, 6.07) is 7.49. The number of Topliss-reactive ketones (excluding diaryl/α,β-unsaturated/α-hetero) is 1. The van der Waals surface area contributed by atoms with Gasteiger partial charge in [0.15, 0.2) is 5.78 Å². The van der Waals surface area contributed by atoms with Crippen LogP contribution >= 0.6 is 15.9 Å². The first-order valence-corrected chi connectivity index (χ1v) is 7.00. The van der Waals surface area contributed by atoms with Gasteiger partial charge < -0.3 is 9.47 Å². The molecule has 19 heavy (non-hydrogen) atoms. The quantitative estimate of drug-likeness (QED) is 0.775. The lowest BCUT2D eigenvalue weighted by Gasteiger charge is -2.14. The third-order valence-corrected chi connectivity index (χ3v) is 4.13. The van der Waals surface area contributed by atoms with E-state index in [4.69, 9.17) is 9.47 Å². The van der Waals surface area contributed by atoms with E-state index in [9.17, 15) is 4.79 Å². The molecule has 1 aromatic carbocycles. The first kappa shape index (κ1) is 14.7. The maximum absolute atomic E-state index is 12.3. The van der Waals surface area contributed by atoms with Gasteiger partial charge in [0.05, 0.1) is 18.8 Å². The zero-order valence-electron chi connectivity index (χ0n) is 11.1. The van der Waals surface area contributed by atoms with E-state index in [2.05, 4.69) is 20.8 Å². The fraction of sp³-hybridized carbons (Fsp3) is 0.500. The fourth-order valence-corrected chi connectivity index (χ4v) is 2.88. The standard InChI is InChI=1S/C14H18BrNO3/c1-18-13-8-16(9-14(13)19-2)7-12(17)10-5-3-4-6-11(10)15/h3-6,13-14H,7-9H2,1-2H3. The predicted octanol–water partition coefficient (Wildman–Crippen LogP) is 1.98. The number of methoxy groups -OCH3 is 2.